The number of aromatic nitrogens is 3. The van der Waals surface area contributed by atoms with Gasteiger partial charge in [0.2, 0.25) is 5.91 Å². The number of nitrogens with one attached hydrogen (secondary N) is 1. The predicted octanol–water partition coefficient (Wildman–Crippen LogP) is 4.40. The van der Waals surface area contributed by atoms with Crippen LogP contribution in [-0.4, -0.2) is 40.5 Å². The van der Waals surface area contributed by atoms with Gasteiger partial charge < -0.3 is 14.8 Å². The molecule has 0 fully saturated rings. The van der Waals surface area contributed by atoms with Crippen LogP contribution in [0.2, 0.25) is 0 Å². The van der Waals surface area contributed by atoms with Gasteiger partial charge in [-0.2, -0.15) is 4.98 Å². The van der Waals surface area contributed by atoms with E-state index in [4.69, 9.17) is 9.47 Å². The molecule has 158 valence electrons. The van der Waals surface area contributed by atoms with Gasteiger partial charge in [-0.25, -0.2) is 4.68 Å². The summed E-state index contributed by atoms with van der Waals surface area (Å²) in [5.74, 6) is 0.695. The van der Waals surface area contributed by atoms with Crippen LogP contribution in [0.4, 0.5) is 5.69 Å². The van der Waals surface area contributed by atoms with Crippen molar-refractivity contribution >= 4 is 11.6 Å². The van der Waals surface area contributed by atoms with E-state index in [2.05, 4.69) is 15.4 Å². The number of amides is 1. The number of nitrogens with zero attached hydrogens (tertiary/aromatic N) is 3. The van der Waals surface area contributed by atoms with Crippen LogP contribution in [-0.2, 0) is 9.53 Å². The fourth-order valence-electron chi connectivity index (χ4n) is 2.90. The summed E-state index contributed by atoms with van der Waals surface area (Å²) in [6.45, 7) is 7.47. The van der Waals surface area contributed by atoms with Crippen molar-refractivity contribution in [3.8, 4) is 23.1 Å². The van der Waals surface area contributed by atoms with Gasteiger partial charge in [0.25, 0.3) is 0 Å². The van der Waals surface area contributed by atoms with Crippen molar-refractivity contribution in [2.75, 3.05) is 25.1 Å². The number of hydrogen-bond acceptors (Lipinski definition) is 5. The highest BCUT2D eigenvalue weighted by atomic mass is 16.5. The van der Waals surface area contributed by atoms with Crippen LogP contribution in [0.25, 0.3) is 17.1 Å². The van der Waals surface area contributed by atoms with Gasteiger partial charge in [0.15, 0.2) is 5.82 Å². The zero-order valence-electron chi connectivity index (χ0n) is 17.7. The molecule has 1 aromatic heterocycles. The van der Waals surface area contributed by atoms with Crippen LogP contribution in [0.15, 0.2) is 48.5 Å². The lowest BCUT2D eigenvalue weighted by Gasteiger charge is -2.08. The Bertz CT molecular complexity index is 950. The fraction of sp³-hybridized carbons (Fsp3) is 0.348. The van der Waals surface area contributed by atoms with Gasteiger partial charge in [0.1, 0.15) is 6.61 Å². The molecule has 0 saturated carbocycles. The molecule has 0 aliphatic heterocycles. The van der Waals surface area contributed by atoms with Crippen LogP contribution >= 0.6 is 0 Å². The normalized spacial score (nSPS) is 10.8. The molecule has 0 bridgehead atoms. The molecule has 0 spiro atoms. The average molecular weight is 409 g/mol. The minimum Gasteiger partial charge on any atom is -0.460 e. The molecule has 0 atom stereocenters. The largest absolute Gasteiger partial charge is 0.460 e. The molecule has 0 unspecified atom stereocenters. The Morgan fingerprint density at radius 3 is 2.43 bits per heavy atom. The maximum atomic E-state index is 11.8. The van der Waals surface area contributed by atoms with Crippen LogP contribution in [0.1, 0.15) is 32.3 Å². The summed E-state index contributed by atoms with van der Waals surface area (Å²) in [7, 11) is 0. The highest BCUT2D eigenvalue weighted by molar-refractivity contribution is 5.90. The van der Waals surface area contributed by atoms with Crippen LogP contribution in [0, 0.1) is 6.92 Å². The first-order chi connectivity index (χ1) is 14.6. The molecule has 30 heavy (non-hydrogen) atoms. The third-order valence-electron chi connectivity index (χ3n) is 4.43. The van der Waals surface area contributed by atoms with E-state index in [1.54, 1.807) is 4.68 Å². The van der Waals surface area contributed by atoms with Gasteiger partial charge in [-0.15, -0.1) is 5.10 Å². The minimum atomic E-state index is 0.0105. The lowest BCUT2D eigenvalue weighted by Crippen LogP contribution is -2.10. The van der Waals surface area contributed by atoms with Crippen molar-refractivity contribution in [3.63, 3.8) is 0 Å². The number of carbonyl (C=O) groups is 1. The summed E-state index contributed by atoms with van der Waals surface area (Å²) in [5, 5.41) is 7.43. The number of aryl methyl sites for hydroxylation is 1. The lowest BCUT2D eigenvalue weighted by molar-refractivity contribution is -0.116. The van der Waals surface area contributed by atoms with Crippen molar-refractivity contribution in [1.82, 2.24) is 14.8 Å². The maximum Gasteiger partial charge on any atom is 0.336 e. The number of rotatable bonds is 10. The summed E-state index contributed by atoms with van der Waals surface area (Å²) >= 11 is 0. The first-order valence-electron chi connectivity index (χ1n) is 10.3. The second kappa shape index (κ2) is 10.5. The molecular formula is C23H28N4O3. The van der Waals surface area contributed by atoms with Gasteiger partial charge in [0, 0.05) is 24.3 Å². The Morgan fingerprint density at radius 1 is 1.03 bits per heavy atom. The van der Waals surface area contributed by atoms with E-state index in [0.29, 0.717) is 38.1 Å². The summed E-state index contributed by atoms with van der Waals surface area (Å²) < 4.78 is 12.7. The Hall–Kier alpha value is -3.19. The van der Waals surface area contributed by atoms with Crippen LogP contribution < -0.4 is 10.1 Å². The van der Waals surface area contributed by atoms with Crippen molar-refractivity contribution in [1.29, 1.82) is 0 Å². The minimum absolute atomic E-state index is 0.0105. The number of benzene rings is 2. The zero-order valence-corrected chi connectivity index (χ0v) is 17.7. The number of ether oxygens (including phenoxy) is 2. The molecule has 0 saturated heterocycles. The molecule has 0 radical (unpaired) electrons. The quantitative estimate of drug-likeness (QED) is 0.503. The highest BCUT2D eigenvalue weighted by Crippen LogP contribution is 2.25. The third-order valence-corrected chi connectivity index (χ3v) is 4.43. The number of carbonyl (C=O) groups excluding carboxylic acids is 1. The monoisotopic (exact) mass is 408 g/mol. The summed E-state index contributed by atoms with van der Waals surface area (Å²) in [5.41, 5.74) is 3.69. The first kappa shape index (κ1) is 21.5. The molecular weight excluding hydrogens is 380 g/mol. The van der Waals surface area contributed by atoms with Gasteiger partial charge in [0.05, 0.1) is 12.3 Å². The standard InChI is InChI=1S/C23H28N4O3/c1-4-6-21(28)24-19-11-13-20(14-12-19)27-22(18-9-7-17(3)8-10-18)25-23(26-27)30-16-15-29-5-2/h7-14H,4-6,15-16H2,1-3H3,(H,24,28). The van der Waals surface area contributed by atoms with Crippen LogP contribution in [0.3, 0.4) is 0 Å². The molecule has 7 nitrogen and oxygen atoms in total. The van der Waals surface area contributed by atoms with E-state index >= 15 is 0 Å². The zero-order chi connectivity index (χ0) is 21.3. The molecule has 0 aliphatic rings. The second-order valence-electron chi connectivity index (χ2n) is 6.89. The van der Waals surface area contributed by atoms with Crippen LogP contribution in [0.5, 0.6) is 6.01 Å². The fourth-order valence-corrected chi connectivity index (χ4v) is 2.90. The maximum absolute atomic E-state index is 11.8. The first-order valence-corrected chi connectivity index (χ1v) is 10.3. The predicted molar refractivity (Wildman–Crippen MR) is 117 cm³/mol. The summed E-state index contributed by atoms with van der Waals surface area (Å²) in [4.78, 5) is 16.4. The molecule has 1 N–H and O–H groups in total. The van der Waals surface area contributed by atoms with Gasteiger partial charge in [-0.3, -0.25) is 4.79 Å². The van der Waals surface area contributed by atoms with E-state index < -0.39 is 0 Å². The van der Waals surface area contributed by atoms with E-state index in [1.165, 1.54) is 5.56 Å². The van der Waals surface area contributed by atoms with Gasteiger partial charge in [-0.1, -0.05) is 36.8 Å². The Labute approximate surface area is 177 Å². The van der Waals surface area contributed by atoms with E-state index in [0.717, 1.165) is 23.4 Å². The summed E-state index contributed by atoms with van der Waals surface area (Å²) in [6.07, 6.45) is 1.32. The number of anilines is 1. The SMILES string of the molecule is CCCC(=O)Nc1ccc(-n2nc(OCCOCC)nc2-c2ccc(C)cc2)cc1. The average Bonchev–Trinajstić information content (AvgIpc) is 3.17. The van der Waals surface area contributed by atoms with Crippen molar-refractivity contribution in [3.05, 3.63) is 54.1 Å². The topological polar surface area (TPSA) is 78.3 Å². The van der Waals surface area contributed by atoms with Crippen molar-refractivity contribution in [2.24, 2.45) is 0 Å². The Morgan fingerprint density at radius 2 is 1.77 bits per heavy atom. The highest BCUT2D eigenvalue weighted by Gasteiger charge is 2.15. The Kier molecular flexibility index (Phi) is 7.57. The molecule has 3 rings (SSSR count). The molecule has 0 aliphatic carbocycles. The molecule has 3 aromatic rings. The van der Waals surface area contributed by atoms with E-state index in [-0.39, 0.29) is 5.91 Å². The molecule has 2 aromatic carbocycles. The molecule has 1 amide bonds. The Balaban J connectivity index is 1.86. The third kappa shape index (κ3) is 5.67. The van der Waals surface area contributed by atoms with Gasteiger partial charge >= 0.3 is 6.01 Å². The molecule has 1 heterocycles. The van der Waals surface area contributed by atoms with Crippen molar-refractivity contribution in [2.45, 2.75) is 33.6 Å². The second-order valence-corrected chi connectivity index (χ2v) is 6.89. The van der Waals surface area contributed by atoms with Crippen molar-refractivity contribution < 1.29 is 14.3 Å². The molecule has 7 heteroatoms. The summed E-state index contributed by atoms with van der Waals surface area (Å²) in [6, 6.07) is 15.9. The van der Waals surface area contributed by atoms with E-state index in [1.807, 2.05) is 69.3 Å². The van der Waals surface area contributed by atoms with Gasteiger partial charge in [-0.05, 0) is 44.5 Å². The lowest BCUT2D eigenvalue weighted by atomic mass is 10.1. The smallest absolute Gasteiger partial charge is 0.336 e. The number of hydrogen-bond donors (Lipinski definition) is 1. The van der Waals surface area contributed by atoms with E-state index in [9.17, 15) is 4.79 Å².